The molecule has 0 amide bonds. The van der Waals surface area contributed by atoms with Crippen molar-refractivity contribution in [1.82, 2.24) is 0 Å². The molecule has 0 fully saturated rings. The van der Waals surface area contributed by atoms with Crippen LogP contribution in [0.2, 0.25) is 0 Å². The number of phenols is 1. The van der Waals surface area contributed by atoms with E-state index >= 15 is 0 Å². The number of methoxy groups -OCH3 is 1. The molecular formula is C18H14O6. The molecule has 0 saturated carbocycles. The Kier molecular flexibility index (Phi) is 3.81. The molecule has 2 aromatic carbocycles. The monoisotopic (exact) mass is 326 g/mol. The number of ketones is 2. The van der Waals surface area contributed by atoms with Crippen LogP contribution in [0.4, 0.5) is 0 Å². The number of ether oxygens (including phenoxy) is 2. The number of carbonyl (C=O) groups is 3. The van der Waals surface area contributed by atoms with Crippen LogP contribution >= 0.6 is 0 Å². The maximum absolute atomic E-state index is 12.8. The number of esters is 1. The SMILES string of the molecule is CCOC(=O)c1ccc2c(c1O)C(=O)c1cccc(OC)c1C2=O. The van der Waals surface area contributed by atoms with E-state index in [1.165, 1.54) is 25.3 Å². The first-order chi connectivity index (χ1) is 11.5. The van der Waals surface area contributed by atoms with E-state index in [0.717, 1.165) is 0 Å². The second-order valence-corrected chi connectivity index (χ2v) is 5.15. The number of phenolic OH excluding ortho intramolecular Hbond substituents is 1. The highest BCUT2D eigenvalue weighted by atomic mass is 16.5. The quantitative estimate of drug-likeness (QED) is 0.743. The maximum Gasteiger partial charge on any atom is 0.341 e. The molecule has 0 unspecified atom stereocenters. The van der Waals surface area contributed by atoms with Gasteiger partial charge in [0, 0.05) is 11.1 Å². The third kappa shape index (κ3) is 2.15. The summed E-state index contributed by atoms with van der Waals surface area (Å²) in [4.78, 5) is 37.4. The lowest BCUT2D eigenvalue weighted by atomic mass is 9.82. The minimum Gasteiger partial charge on any atom is -0.506 e. The minimum atomic E-state index is -0.755. The van der Waals surface area contributed by atoms with Gasteiger partial charge in [-0.3, -0.25) is 9.59 Å². The van der Waals surface area contributed by atoms with Crippen molar-refractivity contribution in [1.29, 1.82) is 0 Å². The van der Waals surface area contributed by atoms with Gasteiger partial charge in [0.15, 0.2) is 11.6 Å². The van der Waals surface area contributed by atoms with Gasteiger partial charge in [0.1, 0.15) is 17.1 Å². The number of hydrogen-bond donors (Lipinski definition) is 1. The first-order valence-electron chi connectivity index (χ1n) is 7.30. The fourth-order valence-corrected chi connectivity index (χ4v) is 2.78. The van der Waals surface area contributed by atoms with Gasteiger partial charge in [0.2, 0.25) is 0 Å². The molecule has 1 aliphatic carbocycles. The van der Waals surface area contributed by atoms with Crippen LogP contribution in [0, 0.1) is 0 Å². The Bertz CT molecular complexity index is 881. The average molecular weight is 326 g/mol. The van der Waals surface area contributed by atoms with Crippen molar-refractivity contribution in [3.8, 4) is 11.5 Å². The molecular weight excluding hydrogens is 312 g/mol. The van der Waals surface area contributed by atoms with Crippen LogP contribution in [0.5, 0.6) is 11.5 Å². The standard InChI is InChI=1S/C18H14O6/c1-3-24-18(22)11-8-7-10-14(17(11)21)16(20)9-5-4-6-12(23-2)13(9)15(10)19/h4-8,21H,3H2,1-2H3. The van der Waals surface area contributed by atoms with E-state index in [1.807, 2.05) is 0 Å². The molecule has 122 valence electrons. The Morgan fingerprint density at radius 1 is 1.04 bits per heavy atom. The van der Waals surface area contributed by atoms with Gasteiger partial charge in [0.25, 0.3) is 0 Å². The molecule has 0 bridgehead atoms. The van der Waals surface area contributed by atoms with E-state index < -0.39 is 23.3 Å². The molecule has 2 aromatic rings. The Hall–Kier alpha value is -3.15. The van der Waals surface area contributed by atoms with Crippen LogP contribution in [-0.2, 0) is 4.74 Å². The van der Waals surface area contributed by atoms with E-state index in [4.69, 9.17) is 9.47 Å². The Labute approximate surface area is 137 Å². The topological polar surface area (TPSA) is 89.9 Å². The van der Waals surface area contributed by atoms with Crippen LogP contribution in [0.15, 0.2) is 30.3 Å². The van der Waals surface area contributed by atoms with Crippen molar-refractivity contribution in [3.63, 3.8) is 0 Å². The smallest absolute Gasteiger partial charge is 0.341 e. The first kappa shape index (κ1) is 15.7. The third-order valence-electron chi connectivity index (χ3n) is 3.86. The molecule has 3 rings (SSSR count). The van der Waals surface area contributed by atoms with E-state index in [1.54, 1.807) is 19.1 Å². The summed E-state index contributed by atoms with van der Waals surface area (Å²) < 4.78 is 10.0. The maximum atomic E-state index is 12.8. The van der Waals surface area contributed by atoms with Crippen LogP contribution in [0.3, 0.4) is 0 Å². The first-order valence-corrected chi connectivity index (χ1v) is 7.30. The highest BCUT2D eigenvalue weighted by Gasteiger charge is 2.36. The van der Waals surface area contributed by atoms with Gasteiger partial charge < -0.3 is 14.6 Å². The Morgan fingerprint density at radius 3 is 2.38 bits per heavy atom. The van der Waals surface area contributed by atoms with Crippen LogP contribution in [0.25, 0.3) is 0 Å². The van der Waals surface area contributed by atoms with E-state index in [0.29, 0.717) is 0 Å². The van der Waals surface area contributed by atoms with E-state index in [9.17, 15) is 19.5 Å². The molecule has 1 aliphatic rings. The Morgan fingerprint density at radius 2 is 1.71 bits per heavy atom. The number of benzene rings is 2. The van der Waals surface area contributed by atoms with Crippen molar-refractivity contribution < 1.29 is 29.0 Å². The summed E-state index contributed by atoms with van der Waals surface area (Å²) in [6.07, 6.45) is 0. The number of hydrogen-bond acceptors (Lipinski definition) is 6. The summed E-state index contributed by atoms with van der Waals surface area (Å²) >= 11 is 0. The van der Waals surface area contributed by atoms with Crippen LogP contribution < -0.4 is 4.74 Å². The molecule has 0 radical (unpaired) electrons. The highest BCUT2D eigenvalue weighted by molar-refractivity contribution is 6.30. The second-order valence-electron chi connectivity index (χ2n) is 5.15. The van der Waals surface area contributed by atoms with Crippen molar-refractivity contribution in [2.45, 2.75) is 6.92 Å². The number of rotatable bonds is 3. The lowest BCUT2D eigenvalue weighted by Gasteiger charge is -2.21. The number of carbonyl (C=O) groups excluding carboxylic acids is 3. The van der Waals surface area contributed by atoms with Crippen molar-refractivity contribution in [2.24, 2.45) is 0 Å². The summed E-state index contributed by atoms with van der Waals surface area (Å²) in [5.41, 5.74) is -0.0269. The van der Waals surface area contributed by atoms with Crippen molar-refractivity contribution in [2.75, 3.05) is 13.7 Å². The van der Waals surface area contributed by atoms with Crippen molar-refractivity contribution >= 4 is 17.5 Å². The molecule has 6 heteroatoms. The Balaban J connectivity index is 2.23. The van der Waals surface area contributed by atoms with E-state index in [2.05, 4.69) is 0 Å². The molecule has 0 saturated heterocycles. The third-order valence-corrected chi connectivity index (χ3v) is 3.86. The zero-order chi connectivity index (χ0) is 17.4. The number of aromatic hydroxyl groups is 1. The molecule has 0 heterocycles. The molecule has 0 spiro atoms. The molecule has 6 nitrogen and oxygen atoms in total. The lowest BCUT2D eigenvalue weighted by Crippen LogP contribution is -2.23. The highest BCUT2D eigenvalue weighted by Crippen LogP contribution is 2.38. The largest absolute Gasteiger partial charge is 0.506 e. The van der Waals surface area contributed by atoms with Gasteiger partial charge >= 0.3 is 5.97 Å². The molecule has 1 N–H and O–H groups in total. The summed E-state index contributed by atoms with van der Waals surface area (Å²) in [7, 11) is 1.41. The van der Waals surface area contributed by atoms with Crippen LogP contribution in [0.1, 0.15) is 49.1 Å². The zero-order valence-electron chi connectivity index (χ0n) is 13.1. The average Bonchev–Trinajstić information content (AvgIpc) is 2.58. The predicted molar refractivity (Wildman–Crippen MR) is 83.9 cm³/mol. The van der Waals surface area contributed by atoms with Gasteiger partial charge in [-0.25, -0.2) is 4.79 Å². The molecule has 0 aliphatic heterocycles. The minimum absolute atomic E-state index is 0.0301. The molecule has 0 atom stereocenters. The zero-order valence-corrected chi connectivity index (χ0v) is 13.1. The van der Waals surface area contributed by atoms with Gasteiger partial charge in [-0.05, 0) is 25.1 Å². The fourth-order valence-electron chi connectivity index (χ4n) is 2.78. The van der Waals surface area contributed by atoms with Gasteiger partial charge in [0.05, 0.1) is 24.8 Å². The molecule has 24 heavy (non-hydrogen) atoms. The summed E-state index contributed by atoms with van der Waals surface area (Å²) in [6, 6.07) is 7.27. The van der Waals surface area contributed by atoms with E-state index in [-0.39, 0.29) is 40.2 Å². The summed E-state index contributed by atoms with van der Waals surface area (Å²) in [5.74, 6) is -2.00. The van der Waals surface area contributed by atoms with Crippen LogP contribution in [-0.4, -0.2) is 36.4 Å². The van der Waals surface area contributed by atoms with Gasteiger partial charge in [-0.2, -0.15) is 0 Å². The summed E-state index contributed by atoms with van der Waals surface area (Å²) in [6.45, 7) is 1.76. The number of fused-ring (bicyclic) bond motifs is 2. The fraction of sp³-hybridized carbons (Fsp3) is 0.167. The lowest BCUT2D eigenvalue weighted by molar-refractivity contribution is 0.0522. The predicted octanol–water partition coefficient (Wildman–Crippen LogP) is 2.35. The molecule has 0 aromatic heterocycles. The van der Waals surface area contributed by atoms with Crippen molar-refractivity contribution in [3.05, 3.63) is 58.1 Å². The van der Waals surface area contributed by atoms with Gasteiger partial charge in [-0.15, -0.1) is 0 Å². The second kappa shape index (κ2) is 5.81. The van der Waals surface area contributed by atoms with Gasteiger partial charge in [-0.1, -0.05) is 12.1 Å². The normalized spacial score (nSPS) is 12.4. The summed E-state index contributed by atoms with van der Waals surface area (Å²) in [5, 5.41) is 10.4.